The second-order valence-electron chi connectivity index (χ2n) is 6.56. The molecule has 3 aromatic heterocycles. The lowest BCUT2D eigenvalue weighted by Gasteiger charge is -2.29. The van der Waals surface area contributed by atoms with E-state index in [1.165, 1.54) is 0 Å². The van der Waals surface area contributed by atoms with E-state index in [1.54, 1.807) is 6.20 Å². The molecule has 0 bridgehead atoms. The molecule has 1 amide bonds. The van der Waals surface area contributed by atoms with Crippen molar-refractivity contribution in [2.24, 2.45) is 0 Å². The number of pyridine rings is 1. The average molecular weight is 323 g/mol. The summed E-state index contributed by atoms with van der Waals surface area (Å²) in [7, 11) is 0. The van der Waals surface area contributed by atoms with Gasteiger partial charge in [-0.3, -0.25) is 9.48 Å². The molecule has 3 heterocycles. The molecule has 6 nitrogen and oxygen atoms in total. The van der Waals surface area contributed by atoms with Crippen molar-refractivity contribution in [1.82, 2.24) is 24.5 Å². The summed E-state index contributed by atoms with van der Waals surface area (Å²) in [6, 6.07) is 6.56. The lowest BCUT2D eigenvalue weighted by atomic mass is 9.91. The zero-order valence-corrected chi connectivity index (χ0v) is 13.7. The van der Waals surface area contributed by atoms with Gasteiger partial charge in [-0.1, -0.05) is 6.07 Å². The van der Waals surface area contributed by atoms with E-state index < -0.39 is 0 Å². The van der Waals surface area contributed by atoms with Gasteiger partial charge in [0.25, 0.3) is 5.91 Å². The van der Waals surface area contributed by atoms with Crippen molar-refractivity contribution in [2.45, 2.75) is 44.7 Å². The molecule has 0 unspecified atom stereocenters. The van der Waals surface area contributed by atoms with E-state index in [1.807, 2.05) is 52.8 Å². The number of amides is 1. The Balaban J connectivity index is 1.39. The fourth-order valence-electron chi connectivity index (χ4n) is 3.45. The first-order valence-corrected chi connectivity index (χ1v) is 8.44. The van der Waals surface area contributed by atoms with Crippen LogP contribution in [0.5, 0.6) is 0 Å². The summed E-state index contributed by atoms with van der Waals surface area (Å²) in [6.07, 6.45) is 11.6. The normalized spacial score (nSPS) is 21.0. The molecular formula is C18H21N5O. The van der Waals surface area contributed by atoms with Gasteiger partial charge in [-0.25, -0.2) is 4.98 Å². The van der Waals surface area contributed by atoms with Crippen LogP contribution in [0, 0.1) is 6.92 Å². The Bertz CT molecular complexity index is 844. The number of carbonyl (C=O) groups is 1. The molecule has 124 valence electrons. The molecule has 1 aliphatic carbocycles. The lowest BCUT2D eigenvalue weighted by Crippen LogP contribution is -2.38. The van der Waals surface area contributed by atoms with Crippen LogP contribution in [-0.4, -0.2) is 31.1 Å². The van der Waals surface area contributed by atoms with Crippen molar-refractivity contribution < 1.29 is 4.79 Å². The number of fused-ring (bicyclic) bond motifs is 1. The number of rotatable bonds is 3. The van der Waals surface area contributed by atoms with Gasteiger partial charge in [-0.2, -0.15) is 5.10 Å². The molecule has 24 heavy (non-hydrogen) atoms. The number of aromatic nitrogens is 4. The summed E-state index contributed by atoms with van der Waals surface area (Å²) < 4.78 is 3.93. The van der Waals surface area contributed by atoms with Crippen LogP contribution in [0.3, 0.4) is 0 Å². The minimum absolute atomic E-state index is 0.0844. The van der Waals surface area contributed by atoms with Crippen molar-refractivity contribution in [1.29, 1.82) is 0 Å². The molecule has 1 aliphatic rings. The van der Waals surface area contributed by atoms with E-state index in [2.05, 4.69) is 15.4 Å². The highest BCUT2D eigenvalue weighted by Crippen LogP contribution is 2.27. The standard InChI is InChI=1S/C18H21N5O/c1-13-3-8-17-21-16(12-22(17)11-13)18(24)20-14-4-6-15(7-5-14)23-10-2-9-19-23/h2-3,8-12,14-15H,4-7H2,1H3,(H,20,24). The van der Waals surface area contributed by atoms with Crippen LogP contribution < -0.4 is 5.32 Å². The smallest absolute Gasteiger partial charge is 0.271 e. The van der Waals surface area contributed by atoms with Crippen molar-refractivity contribution in [3.63, 3.8) is 0 Å². The number of aryl methyl sites for hydroxylation is 1. The minimum atomic E-state index is -0.0844. The Morgan fingerprint density at radius 1 is 1.21 bits per heavy atom. The average Bonchev–Trinajstić information content (AvgIpc) is 3.24. The molecule has 4 rings (SSSR count). The fraction of sp³-hybridized carbons (Fsp3) is 0.389. The molecule has 0 saturated heterocycles. The summed E-state index contributed by atoms with van der Waals surface area (Å²) in [6.45, 7) is 2.03. The Labute approximate surface area is 140 Å². The van der Waals surface area contributed by atoms with Crippen molar-refractivity contribution in [2.75, 3.05) is 0 Å². The largest absolute Gasteiger partial charge is 0.348 e. The van der Waals surface area contributed by atoms with Crippen molar-refractivity contribution in [3.8, 4) is 0 Å². The molecule has 0 atom stereocenters. The molecule has 1 fully saturated rings. The minimum Gasteiger partial charge on any atom is -0.348 e. The highest BCUT2D eigenvalue weighted by molar-refractivity contribution is 5.93. The second-order valence-corrected chi connectivity index (χ2v) is 6.56. The maximum atomic E-state index is 12.5. The Morgan fingerprint density at radius 3 is 2.79 bits per heavy atom. The summed E-state index contributed by atoms with van der Waals surface area (Å²) >= 11 is 0. The third-order valence-electron chi connectivity index (χ3n) is 4.76. The third-order valence-corrected chi connectivity index (χ3v) is 4.76. The van der Waals surface area contributed by atoms with Crippen LogP contribution in [0.4, 0.5) is 0 Å². The van der Waals surface area contributed by atoms with Gasteiger partial charge in [0, 0.05) is 30.8 Å². The van der Waals surface area contributed by atoms with Gasteiger partial charge in [0.1, 0.15) is 11.3 Å². The maximum Gasteiger partial charge on any atom is 0.271 e. The van der Waals surface area contributed by atoms with Crippen LogP contribution in [-0.2, 0) is 0 Å². The number of carbonyl (C=O) groups excluding carboxylic acids is 1. The zero-order chi connectivity index (χ0) is 16.5. The van der Waals surface area contributed by atoms with Gasteiger partial charge in [-0.15, -0.1) is 0 Å². The molecule has 0 aliphatic heterocycles. The summed E-state index contributed by atoms with van der Waals surface area (Å²) in [5, 5.41) is 7.45. The Morgan fingerprint density at radius 2 is 2.04 bits per heavy atom. The zero-order valence-electron chi connectivity index (χ0n) is 13.7. The summed E-state index contributed by atoms with van der Waals surface area (Å²) in [4.78, 5) is 16.9. The molecule has 0 spiro atoms. The first kappa shape index (κ1) is 14.9. The van der Waals surface area contributed by atoms with E-state index in [-0.39, 0.29) is 11.9 Å². The Kier molecular flexibility index (Phi) is 3.80. The summed E-state index contributed by atoms with van der Waals surface area (Å²) in [5.74, 6) is -0.0844. The number of hydrogen-bond donors (Lipinski definition) is 1. The summed E-state index contributed by atoms with van der Waals surface area (Å²) in [5.41, 5.74) is 2.42. The quantitative estimate of drug-likeness (QED) is 0.806. The second kappa shape index (κ2) is 6.11. The van der Waals surface area contributed by atoms with Crippen LogP contribution in [0.1, 0.15) is 47.8 Å². The van der Waals surface area contributed by atoms with Gasteiger partial charge < -0.3 is 9.72 Å². The van der Waals surface area contributed by atoms with Gasteiger partial charge in [0.15, 0.2) is 0 Å². The maximum absolute atomic E-state index is 12.5. The number of imidazole rings is 1. The molecule has 6 heteroatoms. The fourth-order valence-corrected chi connectivity index (χ4v) is 3.45. The van der Waals surface area contributed by atoms with Crippen LogP contribution >= 0.6 is 0 Å². The first-order chi connectivity index (χ1) is 11.7. The number of hydrogen-bond acceptors (Lipinski definition) is 3. The topological polar surface area (TPSA) is 64.2 Å². The van der Waals surface area contributed by atoms with E-state index >= 15 is 0 Å². The molecule has 1 N–H and O–H groups in total. The monoisotopic (exact) mass is 323 g/mol. The van der Waals surface area contributed by atoms with Crippen LogP contribution in [0.25, 0.3) is 5.65 Å². The number of nitrogens with zero attached hydrogens (tertiary/aromatic N) is 4. The SMILES string of the molecule is Cc1ccc2nc(C(=O)NC3CCC(n4cccn4)CC3)cn2c1. The lowest BCUT2D eigenvalue weighted by molar-refractivity contribution is 0.0917. The van der Waals surface area contributed by atoms with Gasteiger partial charge in [-0.05, 0) is 50.3 Å². The van der Waals surface area contributed by atoms with Gasteiger partial charge >= 0.3 is 0 Å². The highest BCUT2D eigenvalue weighted by Gasteiger charge is 2.24. The molecule has 0 aromatic carbocycles. The molecule has 1 saturated carbocycles. The van der Waals surface area contributed by atoms with Crippen LogP contribution in [0.15, 0.2) is 43.0 Å². The van der Waals surface area contributed by atoms with Crippen molar-refractivity contribution >= 4 is 11.6 Å². The van der Waals surface area contributed by atoms with Gasteiger partial charge in [0.05, 0.1) is 6.04 Å². The van der Waals surface area contributed by atoms with Gasteiger partial charge in [0.2, 0.25) is 0 Å². The van der Waals surface area contributed by atoms with E-state index in [0.29, 0.717) is 11.7 Å². The molecule has 0 radical (unpaired) electrons. The molecule has 3 aromatic rings. The molecular weight excluding hydrogens is 302 g/mol. The highest BCUT2D eigenvalue weighted by atomic mass is 16.2. The predicted molar refractivity (Wildman–Crippen MR) is 90.9 cm³/mol. The van der Waals surface area contributed by atoms with E-state index in [4.69, 9.17) is 0 Å². The predicted octanol–water partition coefficient (Wildman–Crippen LogP) is 2.75. The van der Waals surface area contributed by atoms with E-state index in [9.17, 15) is 4.79 Å². The van der Waals surface area contributed by atoms with Crippen LogP contribution in [0.2, 0.25) is 0 Å². The first-order valence-electron chi connectivity index (χ1n) is 8.44. The number of nitrogens with one attached hydrogen (secondary N) is 1. The van der Waals surface area contributed by atoms with Crippen molar-refractivity contribution in [3.05, 3.63) is 54.2 Å². The Hall–Kier alpha value is -2.63. The third kappa shape index (κ3) is 2.91. The van der Waals surface area contributed by atoms with E-state index in [0.717, 1.165) is 36.9 Å².